The Morgan fingerprint density at radius 3 is 2.64 bits per heavy atom. The first-order chi connectivity index (χ1) is 20.0. The molecule has 0 bridgehead atoms. The van der Waals surface area contributed by atoms with Gasteiger partial charge in [0.05, 0.1) is 30.7 Å². The lowest BCUT2D eigenvalue weighted by Crippen LogP contribution is -2.34. The number of alkyl halides is 1. The number of nitrogens with two attached hydrogens (primary N) is 2. The number of aromatic amines is 1. The van der Waals surface area contributed by atoms with E-state index in [0.717, 1.165) is 0 Å². The number of thiol groups is 1. The van der Waals surface area contributed by atoms with Crippen molar-refractivity contribution in [3.63, 3.8) is 0 Å². The number of nitrogens with zero attached hydrogens (tertiary/aromatic N) is 7. The topological polar surface area (TPSA) is 255 Å². The second kappa shape index (κ2) is 11.0. The third kappa shape index (κ3) is 4.84. The van der Waals surface area contributed by atoms with E-state index in [2.05, 4.69) is 42.2 Å². The van der Waals surface area contributed by atoms with Crippen molar-refractivity contribution in [2.75, 3.05) is 24.7 Å². The van der Waals surface area contributed by atoms with Crippen LogP contribution in [0.4, 0.5) is 16.2 Å². The average molecular weight is 645 g/mol. The van der Waals surface area contributed by atoms with Gasteiger partial charge in [0, 0.05) is 11.9 Å². The lowest BCUT2D eigenvalue weighted by Gasteiger charge is -2.28. The van der Waals surface area contributed by atoms with Crippen LogP contribution in [0.1, 0.15) is 18.0 Å². The van der Waals surface area contributed by atoms with Crippen molar-refractivity contribution in [2.24, 2.45) is 0 Å². The predicted octanol–water partition coefficient (Wildman–Crippen LogP) is -0.414. The Bertz CT molecular complexity index is 1740. The van der Waals surface area contributed by atoms with Gasteiger partial charge in [-0.15, -0.1) is 11.8 Å². The number of hydrogen-bond donors (Lipinski definition) is 7. The molecule has 0 aliphatic carbocycles. The summed E-state index contributed by atoms with van der Waals surface area (Å²) in [5.74, 6) is -0.0899. The Morgan fingerprint density at radius 2 is 1.88 bits per heavy atom. The number of aromatic nitrogens is 8. The molecule has 0 spiro atoms. The molecule has 8 N–H and O–H groups in total. The van der Waals surface area contributed by atoms with Gasteiger partial charge in [0.1, 0.15) is 29.7 Å². The SMILES string of the molecule is Nc1nc2c(ncn2[C@@H]2S[C@H](CCO)[C@@H](O)[C@H]2[P@](=O)(S)OC[C@H]2OC(n3cnc4c(N)ncnc43)[C@@H](F)[C@@H]2O)c(=O)[nH]1. The minimum absolute atomic E-state index is 0.0277. The van der Waals surface area contributed by atoms with Crippen LogP contribution in [0, 0.1) is 0 Å². The number of rotatable bonds is 8. The molecule has 0 amide bonds. The van der Waals surface area contributed by atoms with Crippen LogP contribution in [-0.2, 0) is 13.8 Å². The Balaban J connectivity index is 1.25. The molecule has 2 fully saturated rings. The average Bonchev–Trinajstić information content (AvgIpc) is 3.69. The molecule has 42 heavy (non-hydrogen) atoms. The van der Waals surface area contributed by atoms with Crippen molar-refractivity contribution in [2.45, 2.75) is 53.4 Å². The number of imidazole rings is 2. The molecule has 0 saturated carbocycles. The molecule has 6 heterocycles. The molecule has 4 aromatic heterocycles. The number of ether oxygens (including phenoxy) is 1. The number of thioether (sulfide) groups is 1. The zero-order valence-corrected chi connectivity index (χ0v) is 24.0. The standard InChI is InChI=1S/C21H26FN10O7PS2/c22-9-12(34)7(39-19(9)31-5-27-10-15(23)25-4-26-16(10)31)3-38-40(37,41)14-13(35)8(1-2-33)42-20(14)32-6-28-11-17(32)29-21(24)30-18(11)36/h4-9,12-14,19-20,33-35H,1-3H2,(H,37,41)(H2,23,25,26)(H3,24,29,30,36)/t7-,8-,9+,12-,13-,14-,19?,20-,40-/m1/s1. The number of H-pyrrole nitrogens is 1. The number of halogens is 1. The second-order valence-electron chi connectivity index (χ2n) is 9.78. The van der Waals surface area contributed by atoms with Gasteiger partial charge in [-0.25, -0.2) is 24.3 Å². The number of hydrogen-bond acceptors (Lipinski definition) is 15. The van der Waals surface area contributed by atoms with Crippen LogP contribution in [0.15, 0.2) is 23.8 Å². The van der Waals surface area contributed by atoms with Crippen molar-refractivity contribution in [3.8, 4) is 0 Å². The van der Waals surface area contributed by atoms with Crippen LogP contribution in [-0.4, -0.2) is 103 Å². The quantitative estimate of drug-likeness (QED) is 0.0950. The van der Waals surface area contributed by atoms with Crippen LogP contribution in [0.25, 0.3) is 22.3 Å². The fourth-order valence-electron chi connectivity index (χ4n) is 5.20. The van der Waals surface area contributed by atoms with Crippen molar-refractivity contribution in [3.05, 3.63) is 29.3 Å². The number of aliphatic hydroxyl groups is 3. The van der Waals surface area contributed by atoms with Crippen LogP contribution >= 0.6 is 30.6 Å². The second-order valence-corrected chi connectivity index (χ2v) is 14.8. The highest BCUT2D eigenvalue weighted by molar-refractivity contribution is 8.46. The molecule has 2 saturated heterocycles. The molecule has 17 nitrogen and oxygen atoms in total. The van der Waals surface area contributed by atoms with E-state index in [4.69, 9.17) is 20.7 Å². The highest BCUT2D eigenvalue weighted by atomic mass is 32.7. The third-order valence-corrected chi connectivity index (χ3v) is 12.1. The number of nitrogen functional groups attached to an aromatic ring is 2. The van der Waals surface area contributed by atoms with Crippen LogP contribution in [0.5, 0.6) is 0 Å². The fourth-order valence-corrected chi connectivity index (χ4v) is 10.4. The van der Waals surface area contributed by atoms with Crippen molar-refractivity contribution < 1.29 is 33.5 Å². The van der Waals surface area contributed by atoms with Crippen molar-refractivity contribution in [1.29, 1.82) is 0 Å². The molecule has 226 valence electrons. The predicted molar refractivity (Wildman–Crippen MR) is 152 cm³/mol. The summed E-state index contributed by atoms with van der Waals surface area (Å²) in [6, 6.07) is 0. The number of anilines is 2. The summed E-state index contributed by atoms with van der Waals surface area (Å²) in [6.07, 6.45) is -3.66. The maximum Gasteiger partial charge on any atom is 0.280 e. The van der Waals surface area contributed by atoms with Gasteiger partial charge in [-0.2, -0.15) is 4.98 Å². The van der Waals surface area contributed by atoms with Gasteiger partial charge in [0.2, 0.25) is 5.95 Å². The maximum atomic E-state index is 15.2. The Hall–Kier alpha value is -2.84. The molecule has 0 radical (unpaired) electrons. The summed E-state index contributed by atoms with van der Waals surface area (Å²) < 4.78 is 43.4. The molecule has 21 heteroatoms. The van der Waals surface area contributed by atoms with Crippen LogP contribution in [0.2, 0.25) is 0 Å². The number of aliphatic hydroxyl groups excluding tert-OH is 3. The highest BCUT2D eigenvalue weighted by Crippen LogP contribution is 2.67. The van der Waals surface area contributed by atoms with Gasteiger partial charge in [-0.05, 0) is 6.42 Å². The zero-order chi connectivity index (χ0) is 29.9. The molecule has 1 unspecified atom stereocenters. The molecule has 9 atom stereocenters. The zero-order valence-electron chi connectivity index (χ0n) is 21.4. The minimum atomic E-state index is -4.10. The van der Waals surface area contributed by atoms with E-state index < -0.39 is 65.7 Å². The highest BCUT2D eigenvalue weighted by Gasteiger charge is 2.54. The van der Waals surface area contributed by atoms with E-state index in [-0.39, 0.29) is 47.1 Å². The Morgan fingerprint density at radius 1 is 1.14 bits per heavy atom. The summed E-state index contributed by atoms with van der Waals surface area (Å²) >= 11 is 5.48. The number of fused-ring (bicyclic) bond motifs is 2. The minimum Gasteiger partial charge on any atom is -0.396 e. The van der Waals surface area contributed by atoms with E-state index in [0.29, 0.717) is 0 Å². The fraction of sp³-hybridized carbons (Fsp3) is 0.524. The maximum absolute atomic E-state index is 15.2. The molecule has 0 aromatic carbocycles. The first kappa shape index (κ1) is 29.2. The molecule has 2 aliphatic rings. The number of nitrogens with one attached hydrogen (secondary N) is 1. The van der Waals surface area contributed by atoms with E-state index >= 15 is 4.39 Å². The van der Waals surface area contributed by atoms with Gasteiger partial charge in [-0.3, -0.25) is 18.9 Å². The van der Waals surface area contributed by atoms with E-state index in [1.165, 1.54) is 39.9 Å². The first-order valence-electron chi connectivity index (χ1n) is 12.6. The smallest absolute Gasteiger partial charge is 0.280 e. The summed E-state index contributed by atoms with van der Waals surface area (Å²) in [4.78, 5) is 34.9. The summed E-state index contributed by atoms with van der Waals surface area (Å²) in [7, 11) is 0. The van der Waals surface area contributed by atoms with Gasteiger partial charge < -0.3 is 40.6 Å². The van der Waals surface area contributed by atoms with Crippen LogP contribution < -0.4 is 17.0 Å². The Labute approximate surface area is 244 Å². The molecule has 2 aliphatic heterocycles. The van der Waals surface area contributed by atoms with Gasteiger partial charge >= 0.3 is 0 Å². The molecule has 4 aromatic rings. The summed E-state index contributed by atoms with van der Waals surface area (Å²) in [6.45, 7) is -4.92. The largest absolute Gasteiger partial charge is 0.396 e. The van der Waals surface area contributed by atoms with E-state index in [1.807, 2.05) is 0 Å². The molecule has 6 rings (SSSR count). The molecular weight excluding hydrogens is 618 g/mol. The van der Waals surface area contributed by atoms with Gasteiger partial charge in [-0.1, -0.05) is 12.2 Å². The van der Waals surface area contributed by atoms with Crippen molar-refractivity contribution >= 4 is 64.7 Å². The normalized spacial score (nSPS) is 31.3. The third-order valence-electron chi connectivity index (χ3n) is 7.23. The van der Waals surface area contributed by atoms with Crippen molar-refractivity contribution in [1.82, 2.24) is 39.0 Å². The Kier molecular flexibility index (Phi) is 7.67. The molecular formula is C21H26FN10O7PS2. The summed E-state index contributed by atoms with van der Waals surface area (Å²) in [5.41, 5.74) is 10.2. The van der Waals surface area contributed by atoms with Gasteiger partial charge in [0.25, 0.3) is 12.1 Å². The monoisotopic (exact) mass is 644 g/mol. The van der Waals surface area contributed by atoms with Gasteiger partial charge in [0.15, 0.2) is 35.0 Å². The summed E-state index contributed by atoms with van der Waals surface area (Å²) in [5, 5.41) is 29.9. The lowest BCUT2D eigenvalue weighted by atomic mass is 10.1. The van der Waals surface area contributed by atoms with Crippen LogP contribution in [0.3, 0.4) is 0 Å². The lowest BCUT2D eigenvalue weighted by molar-refractivity contribution is -0.0408. The van der Waals surface area contributed by atoms with E-state index in [9.17, 15) is 24.7 Å². The first-order valence-corrected chi connectivity index (χ1v) is 16.3. The van der Waals surface area contributed by atoms with E-state index in [1.54, 1.807) is 0 Å².